The topological polar surface area (TPSA) is 43.4 Å². The van der Waals surface area contributed by atoms with E-state index in [1.54, 1.807) is 0 Å². The third kappa shape index (κ3) is 4.07. The normalized spacial score (nSPS) is 20.0. The molecule has 75 valence electrons. The van der Waals surface area contributed by atoms with Crippen molar-refractivity contribution in [2.24, 2.45) is 0 Å². The van der Waals surface area contributed by atoms with Gasteiger partial charge in [-0.25, -0.2) is 0 Å². The van der Waals surface area contributed by atoms with Crippen LogP contribution in [0.3, 0.4) is 0 Å². The Kier molecular flexibility index (Phi) is 4.16. The van der Waals surface area contributed by atoms with E-state index in [-0.39, 0.29) is 11.2 Å². The third-order valence-corrected chi connectivity index (χ3v) is 4.28. The molecule has 3 nitrogen and oxygen atoms in total. The van der Waals surface area contributed by atoms with Crippen LogP contribution in [-0.4, -0.2) is 6.10 Å². The quantitative estimate of drug-likeness (QED) is 0.688. The van der Waals surface area contributed by atoms with Gasteiger partial charge in [-0.3, -0.25) is 0 Å². The Balaban J connectivity index is 2.41. The molecule has 0 atom stereocenters. The van der Waals surface area contributed by atoms with Crippen LogP contribution < -0.4 is 0 Å². The second-order valence-electron chi connectivity index (χ2n) is 3.45. The standard InChI is InChI=1S/C6H11O.C3H5.2O.V/c7-6-4-2-1-3-5-6;1-3-2;;;/h6H,1-5H2;3H,1-2H2;;;/q-1;;;;+1. The SMILES string of the molecule is C=C[CH2][V](=[O])(=[O])[O]C1CCCCC1. The van der Waals surface area contributed by atoms with E-state index in [2.05, 4.69) is 6.58 Å². The molecular weight excluding hydrogens is 207 g/mol. The predicted molar refractivity (Wildman–Crippen MR) is 44.3 cm³/mol. The summed E-state index contributed by atoms with van der Waals surface area (Å²) in [5, 5.41) is 0.00868. The van der Waals surface area contributed by atoms with E-state index in [0.29, 0.717) is 0 Å². The molecule has 0 N–H and O–H groups in total. The number of rotatable bonds is 4. The van der Waals surface area contributed by atoms with Crippen LogP contribution in [0.5, 0.6) is 0 Å². The Hall–Kier alpha value is -0.116. The second-order valence-corrected chi connectivity index (χ2v) is 6.25. The first kappa shape index (κ1) is 11.0. The van der Waals surface area contributed by atoms with Crippen molar-refractivity contribution in [3.05, 3.63) is 12.7 Å². The van der Waals surface area contributed by atoms with Gasteiger partial charge in [-0.15, -0.1) is 0 Å². The van der Waals surface area contributed by atoms with E-state index >= 15 is 0 Å². The van der Waals surface area contributed by atoms with Gasteiger partial charge in [0.2, 0.25) is 0 Å². The first-order valence-electron chi connectivity index (χ1n) is 4.73. The van der Waals surface area contributed by atoms with Crippen LogP contribution in [0.2, 0.25) is 5.13 Å². The third-order valence-electron chi connectivity index (χ3n) is 2.21. The molecule has 0 aromatic heterocycles. The van der Waals surface area contributed by atoms with Crippen molar-refractivity contribution >= 4 is 0 Å². The molecule has 0 radical (unpaired) electrons. The molecule has 1 fully saturated rings. The average Bonchev–Trinajstić information content (AvgIpc) is 2.04. The van der Waals surface area contributed by atoms with Crippen molar-refractivity contribution in [1.82, 2.24) is 0 Å². The number of hydrogen-bond acceptors (Lipinski definition) is 3. The Morgan fingerprint density at radius 2 is 1.92 bits per heavy atom. The van der Waals surface area contributed by atoms with E-state index < -0.39 is 14.3 Å². The summed E-state index contributed by atoms with van der Waals surface area (Å²) in [6.07, 6.45) is 6.53. The van der Waals surface area contributed by atoms with Crippen LogP contribution in [0, 0.1) is 0 Å². The second kappa shape index (κ2) is 4.94. The van der Waals surface area contributed by atoms with E-state index in [4.69, 9.17) is 3.66 Å². The molecule has 0 aromatic rings. The number of hydrogen-bond donors (Lipinski definition) is 0. The molecule has 0 heterocycles. The minimum atomic E-state index is -4.24. The zero-order valence-electron chi connectivity index (χ0n) is 7.78. The van der Waals surface area contributed by atoms with Crippen LogP contribution in [-0.2, 0) is 25.3 Å². The van der Waals surface area contributed by atoms with Crippen molar-refractivity contribution in [1.29, 1.82) is 0 Å². The monoisotopic (exact) mass is 223 g/mol. The summed E-state index contributed by atoms with van der Waals surface area (Å²) in [6.45, 7) is 3.40. The number of allylic oxidation sites excluding steroid dienone is 1. The molecule has 0 unspecified atom stereocenters. The zero-order chi connectivity index (χ0) is 9.73. The molecule has 0 aromatic carbocycles. The van der Waals surface area contributed by atoms with Gasteiger partial charge in [-0.1, -0.05) is 0 Å². The molecule has 1 rings (SSSR count). The van der Waals surface area contributed by atoms with Crippen molar-refractivity contribution < 1.29 is 25.3 Å². The van der Waals surface area contributed by atoms with Gasteiger partial charge in [0, 0.05) is 0 Å². The molecule has 1 aliphatic rings. The Bertz CT molecular complexity index is 250. The van der Waals surface area contributed by atoms with Gasteiger partial charge in [-0.05, 0) is 0 Å². The van der Waals surface area contributed by atoms with Crippen molar-refractivity contribution in [3.8, 4) is 0 Å². The first-order chi connectivity index (χ1) is 6.14. The Labute approximate surface area is 81.6 Å². The van der Waals surface area contributed by atoms with Crippen LogP contribution in [0.1, 0.15) is 32.1 Å². The maximum absolute atomic E-state index is 11.3. The van der Waals surface area contributed by atoms with E-state index in [1.165, 1.54) is 12.5 Å². The van der Waals surface area contributed by atoms with Gasteiger partial charge in [0.1, 0.15) is 0 Å². The van der Waals surface area contributed by atoms with Gasteiger partial charge < -0.3 is 0 Å². The molecule has 1 saturated carbocycles. The van der Waals surface area contributed by atoms with Crippen LogP contribution >= 0.6 is 0 Å². The fourth-order valence-corrected chi connectivity index (χ4v) is 3.27. The summed E-state index contributed by atoms with van der Waals surface area (Å²) in [4.78, 5) is 0. The summed E-state index contributed by atoms with van der Waals surface area (Å²) in [5.41, 5.74) is 0. The summed E-state index contributed by atoms with van der Waals surface area (Å²) >= 11 is -4.24. The van der Waals surface area contributed by atoms with Crippen molar-refractivity contribution in [2.45, 2.75) is 43.3 Å². The van der Waals surface area contributed by atoms with Gasteiger partial charge in [0.05, 0.1) is 0 Å². The Morgan fingerprint density at radius 1 is 1.31 bits per heavy atom. The maximum atomic E-state index is 11.3. The van der Waals surface area contributed by atoms with Crippen molar-refractivity contribution in [2.75, 3.05) is 0 Å². The summed E-state index contributed by atoms with van der Waals surface area (Å²) in [5.74, 6) is 0. The fourth-order valence-electron chi connectivity index (χ4n) is 1.60. The molecule has 0 saturated heterocycles. The van der Waals surface area contributed by atoms with E-state index in [9.17, 15) is 7.35 Å². The summed E-state index contributed by atoms with van der Waals surface area (Å²) in [6, 6.07) is 0. The molecule has 0 aliphatic heterocycles. The fraction of sp³-hybridized carbons (Fsp3) is 0.778. The molecular formula is C9H16O3V. The minimum absolute atomic E-state index is 0.00868. The average molecular weight is 223 g/mol. The first-order valence-corrected chi connectivity index (χ1v) is 7.43. The van der Waals surface area contributed by atoms with Crippen LogP contribution in [0.15, 0.2) is 12.7 Å². The molecule has 0 spiro atoms. The predicted octanol–water partition coefficient (Wildman–Crippen LogP) is 2.70. The molecule has 4 heteroatoms. The Morgan fingerprint density at radius 3 is 2.46 bits per heavy atom. The van der Waals surface area contributed by atoms with Gasteiger partial charge in [-0.2, -0.15) is 0 Å². The summed E-state index contributed by atoms with van der Waals surface area (Å²) < 4.78 is 27.7. The van der Waals surface area contributed by atoms with Gasteiger partial charge in [0.25, 0.3) is 0 Å². The van der Waals surface area contributed by atoms with Gasteiger partial charge >= 0.3 is 81.3 Å². The molecule has 1 aliphatic carbocycles. The molecule has 13 heavy (non-hydrogen) atoms. The molecule has 0 amide bonds. The zero-order valence-corrected chi connectivity index (χ0v) is 9.17. The summed E-state index contributed by atoms with van der Waals surface area (Å²) in [7, 11) is 0. The van der Waals surface area contributed by atoms with E-state index in [1.807, 2.05) is 0 Å². The van der Waals surface area contributed by atoms with Crippen LogP contribution in [0.25, 0.3) is 0 Å². The molecule has 0 bridgehead atoms. The van der Waals surface area contributed by atoms with E-state index in [0.717, 1.165) is 25.7 Å². The van der Waals surface area contributed by atoms with Crippen LogP contribution in [0.4, 0.5) is 0 Å². The van der Waals surface area contributed by atoms with Crippen molar-refractivity contribution in [3.63, 3.8) is 0 Å². The van der Waals surface area contributed by atoms with Gasteiger partial charge in [0.15, 0.2) is 0 Å².